The summed E-state index contributed by atoms with van der Waals surface area (Å²) in [6.07, 6.45) is 1.86. The number of aromatic nitrogens is 3. The number of carbonyl (C=O) groups excluding carboxylic acids is 2. The highest BCUT2D eigenvalue weighted by Gasteiger charge is 2.43. The lowest BCUT2D eigenvalue weighted by molar-refractivity contribution is 0.0574. The number of amides is 1. The molecule has 0 saturated carbocycles. The third-order valence-corrected chi connectivity index (χ3v) is 6.73. The predicted octanol–water partition coefficient (Wildman–Crippen LogP) is 4.73. The molecule has 40 heavy (non-hydrogen) atoms. The number of aldehydes is 1. The highest BCUT2D eigenvalue weighted by atomic mass is 19.1. The van der Waals surface area contributed by atoms with Gasteiger partial charge in [-0.15, -0.1) is 10.2 Å². The summed E-state index contributed by atoms with van der Waals surface area (Å²) in [5.41, 5.74) is 1.27. The number of hydrogen-bond donors (Lipinski definition) is 0. The van der Waals surface area contributed by atoms with Gasteiger partial charge in [0.2, 0.25) is 5.88 Å². The van der Waals surface area contributed by atoms with Gasteiger partial charge >= 0.3 is 6.09 Å². The van der Waals surface area contributed by atoms with Gasteiger partial charge in [-0.2, -0.15) is 0 Å². The monoisotopic (exact) mass is 553 g/mol. The van der Waals surface area contributed by atoms with Crippen molar-refractivity contribution < 1.29 is 32.6 Å². The lowest BCUT2D eigenvalue weighted by Crippen LogP contribution is -2.50. The first kappa shape index (κ1) is 27.2. The number of aryl methyl sites for hydroxylation is 1. The van der Waals surface area contributed by atoms with Gasteiger partial charge in [0.25, 0.3) is 0 Å². The fourth-order valence-corrected chi connectivity index (χ4v) is 4.97. The summed E-state index contributed by atoms with van der Waals surface area (Å²) in [7, 11) is 1.28. The van der Waals surface area contributed by atoms with E-state index in [1.165, 1.54) is 18.2 Å². The Hall–Kier alpha value is -4.35. The normalized spacial score (nSPS) is 18.2. The van der Waals surface area contributed by atoms with Crippen molar-refractivity contribution in [3.63, 3.8) is 0 Å². The molecule has 5 rings (SSSR count). The molecule has 0 unspecified atom stereocenters. The number of nitrogens with zero attached hydrogens (tertiary/aromatic N) is 5. The molecule has 0 aliphatic carbocycles. The van der Waals surface area contributed by atoms with Gasteiger partial charge in [0, 0.05) is 30.3 Å². The SMILES string of the molecule is COc1c(F)cc(F)cc1-c1cc2c(nn1)N(C(=O)OC(C)(C)C)C[C@H]1C[C@@H](Oc3cc(C)c(C=O)cn3)CN21. The number of ether oxygens (including phenoxy) is 3. The smallest absolute Gasteiger partial charge is 0.416 e. The average molecular weight is 554 g/mol. The summed E-state index contributed by atoms with van der Waals surface area (Å²) >= 11 is 0. The van der Waals surface area contributed by atoms with E-state index < -0.39 is 23.3 Å². The fraction of sp³-hybridized carbons (Fsp3) is 0.393. The standard InChI is InChI=1S/C28H29F2N5O5/c1-15-6-24(31-11-16(15)14-36)39-19-9-18-12-35(27(37)40-28(2,3)4)26-23(34(18)13-19)10-22(32-33-26)20-7-17(29)8-21(30)25(20)38-5/h6-8,10-11,14,18-19H,9,12-13H2,1-5H3/t18-,19-/m1/s1. The van der Waals surface area contributed by atoms with E-state index in [0.29, 0.717) is 30.1 Å². The van der Waals surface area contributed by atoms with Crippen LogP contribution in [0.4, 0.5) is 25.1 Å². The first-order valence-corrected chi connectivity index (χ1v) is 12.7. The van der Waals surface area contributed by atoms with Gasteiger partial charge in [-0.25, -0.2) is 18.6 Å². The van der Waals surface area contributed by atoms with Crippen LogP contribution in [0.5, 0.6) is 11.6 Å². The molecular formula is C28H29F2N5O5. The van der Waals surface area contributed by atoms with E-state index in [9.17, 15) is 18.4 Å². The Morgan fingerprint density at radius 1 is 1.12 bits per heavy atom. The molecule has 2 aromatic heterocycles. The Labute approximate surface area is 229 Å². The van der Waals surface area contributed by atoms with E-state index in [1.807, 2.05) is 4.90 Å². The maximum atomic E-state index is 14.5. The number of methoxy groups -OCH3 is 1. The lowest BCUT2D eigenvalue weighted by atomic mass is 10.1. The number of hydrogen-bond acceptors (Lipinski definition) is 9. The number of anilines is 2. The van der Waals surface area contributed by atoms with E-state index in [2.05, 4.69) is 15.2 Å². The largest absolute Gasteiger partial charge is 0.493 e. The quantitative estimate of drug-likeness (QED) is 0.415. The minimum absolute atomic E-state index is 0.0863. The van der Waals surface area contributed by atoms with Crippen molar-refractivity contribution in [1.82, 2.24) is 15.2 Å². The number of carbonyl (C=O) groups is 2. The maximum absolute atomic E-state index is 14.5. The number of halogens is 2. The second-order valence-corrected chi connectivity index (χ2v) is 10.8. The van der Waals surface area contributed by atoms with E-state index in [1.54, 1.807) is 39.8 Å². The molecular weight excluding hydrogens is 524 g/mol. The zero-order valence-corrected chi connectivity index (χ0v) is 22.8. The van der Waals surface area contributed by atoms with E-state index in [0.717, 1.165) is 24.0 Å². The van der Waals surface area contributed by atoms with Crippen LogP contribution >= 0.6 is 0 Å². The predicted molar refractivity (Wildman–Crippen MR) is 142 cm³/mol. The van der Waals surface area contributed by atoms with Gasteiger partial charge in [-0.3, -0.25) is 9.69 Å². The van der Waals surface area contributed by atoms with Crippen LogP contribution in [0.2, 0.25) is 0 Å². The van der Waals surface area contributed by atoms with Crippen LogP contribution in [0.1, 0.15) is 43.1 Å². The van der Waals surface area contributed by atoms with Crippen LogP contribution in [0.25, 0.3) is 11.3 Å². The van der Waals surface area contributed by atoms with Crippen LogP contribution in [0.15, 0.2) is 30.5 Å². The van der Waals surface area contributed by atoms with Gasteiger partial charge < -0.3 is 19.1 Å². The third-order valence-electron chi connectivity index (χ3n) is 6.73. The van der Waals surface area contributed by atoms with Crippen LogP contribution in [-0.2, 0) is 4.74 Å². The molecule has 1 fully saturated rings. The first-order valence-electron chi connectivity index (χ1n) is 12.7. The van der Waals surface area contributed by atoms with Crippen LogP contribution in [0, 0.1) is 18.6 Å². The number of benzene rings is 1. The number of fused-ring (bicyclic) bond motifs is 3. The van der Waals surface area contributed by atoms with Crippen molar-refractivity contribution in [2.45, 2.75) is 51.9 Å². The second-order valence-electron chi connectivity index (χ2n) is 10.8. The minimum atomic E-state index is -0.872. The van der Waals surface area contributed by atoms with Gasteiger partial charge in [0.1, 0.15) is 17.5 Å². The highest BCUT2D eigenvalue weighted by molar-refractivity contribution is 5.93. The second kappa shape index (κ2) is 10.3. The molecule has 2 atom stereocenters. The number of pyridine rings is 1. The molecule has 1 aromatic carbocycles. The van der Waals surface area contributed by atoms with Crippen molar-refractivity contribution in [2.75, 3.05) is 30.0 Å². The zero-order chi connectivity index (χ0) is 28.8. The van der Waals surface area contributed by atoms with Gasteiger partial charge in [0.05, 0.1) is 43.2 Å². The average Bonchev–Trinajstić information content (AvgIpc) is 3.29. The molecule has 1 amide bonds. The topological polar surface area (TPSA) is 107 Å². The highest BCUT2D eigenvalue weighted by Crippen LogP contribution is 2.42. The molecule has 0 bridgehead atoms. The molecule has 0 radical (unpaired) electrons. The Balaban J connectivity index is 1.52. The van der Waals surface area contributed by atoms with Crippen molar-refractivity contribution in [1.29, 1.82) is 0 Å². The van der Waals surface area contributed by atoms with Gasteiger partial charge in [0.15, 0.2) is 23.7 Å². The fourth-order valence-electron chi connectivity index (χ4n) is 4.97. The van der Waals surface area contributed by atoms with Crippen LogP contribution in [0.3, 0.4) is 0 Å². The van der Waals surface area contributed by atoms with E-state index in [-0.39, 0.29) is 41.5 Å². The summed E-state index contributed by atoms with van der Waals surface area (Å²) in [5.74, 6) is -1.20. The lowest BCUT2D eigenvalue weighted by Gasteiger charge is -2.39. The summed E-state index contributed by atoms with van der Waals surface area (Å²) in [6, 6.07) is 5.01. The van der Waals surface area contributed by atoms with Crippen molar-refractivity contribution in [3.8, 4) is 22.9 Å². The van der Waals surface area contributed by atoms with Gasteiger partial charge in [-0.05, 0) is 45.4 Å². The zero-order valence-electron chi connectivity index (χ0n) is 22.8. The summed E-state index contributed by atoms with van der Waals surface area (Å²) < 4.78 is 45.6. The van der Waals surface area contributed by atoms with Crippen molar-refractivity contribution >= 4 is 23.9 Å². The molecule has 3 aromatic rings. The van der Waals surface area contributed by atoms with Crippen molar-refractivity contribution in [3.05, 3.63) is 53.2 Å². The first-order chi connectivity index (χ1) is 19.0. The van der Waals surface area contributed by atoms with Crippen LogP contribution < -0.4 is 19.3 Å². The Kier molecular flexibility index (Phi) is 7.03. The summed E-state index contributed by atoms with van der Waals surface area (Å²) in [6.45, 7) is 7.80. The van der Waals surface area contributed by atoms with E-state index in [4.69, 9.17) is 14.2 Å². The Bertz CT molecular complexity index is 1480. The van der Waals surface area contributed by atoms with Crippen LogP contribution in [-0.4, -0.2) is 65.5 Å². The molecule has 0 spiro atoms. The minimum Gasteiger partial charge on any atom is -0.493 e. The molecule has 1 saturated heterocycles. The molecule has 210 valence electrons. The van der Waals surface area contributed by atoms with E-state index >= 15 is 0 Å². The molecule has 12 heteroatoms. The maximum Gasteiger partial charge on any atom is 0.416 e. The summed E-state index contributed by atoms with van der Waals surface area (Å²) in [4.78, 5) is 32.1. The molecule has 2 aliphatic rings. The molecule has 4 heterocycles. The number of rotatable bonds is 5. The van der Waals surface area contributed by atoms with Crippen molar-refractivity contribution in [2.24, 2.45) is 0 Å². The summed E-state index contributed by atoms with van der Waals surface area (Å²) in [5, 5.41) is 8.51. The molecule has 0 N–H and O–H groups in total. The Morgan fingerprint density at radius 2 is 1.90 bits per heavy atom. The Morgan fingerprint density at radius 3 is 2.58 bits per heavy atom. The van der Waals surface area contributed by atoms with Gasteiger partial charge in [-0.1, -0.05) is 0 Å². The molecule has 10 nitrogen and oxygen atoms in total. The third kappa shape index (κ3) is 5.25. The molecule has 2 aliphatic heterocycles.